The van der Waals surface area contributed by atoms with E-state index < -0.39 is 0 Å². The highest BCUT2D eigenvalue weighted by atomic mass is 35.5. The third-order valence-corrected chi connectivity index (χ3v) is 4.23. The summed E-state index contributed by atoms with van der Waals surface area (Å²) in [5.41, 5.74) is 0.999. The SMILES string of the molecule is CCCCCCCn1cc[n+](CC(=O)CCc2ccc(F)cc2)c1.[Cl-]. The summed E-state index contributed by atoms with van der Waals surface area (Å²) in [5.74, 6) is -0.0401. The molecule has 0 aliphatic rings. The smallest absolute Gasteiger partial charge is 0.244 e. The van der Waals surface area contributed by atoms with E-state index in [1.165, 1.54) is 44.2 Å². The maximum Gasteiger partial charge on any atom is 0.244 e. The molecule has 0 bridgehead atoms. The van der Waals surface area contributed by atoms with Gasteiger partial charge in [0.2, 0.25) is 6.33 Å². The third kappa shape index (κ3) is 8.30. The van der Waals surface area contributed by atoms with Crippen LogP contribution in [0.25, 0.3) is 0 Å². The van der Waals surface area contributed by atoms with Gasteiger partial charge in [-0.05, 0) is 37.0 Å². The molecule has 1 aromatic carbocycles. The normalized spacial score (nSPS) is 10.5. The van der Waals surface area contributed by atoms with Crippen LogP contribution in [0, 0.1) is 5.82 Å². The van der Waals surface area contributed by atoms with E-state index in [0.717, 1.165) is 12.1 Å². The molecule has 138 valence electrons. The van der Waals surface area contributed by atoms with Crippen LogP contribution in [0.5, 0.6) is 0 Å². The Kier molecular flexibility index (Phi) is 10.1. The Hall–Kier alpha value is -1.68. The van der Waals surface area contributed by atoms with Gasteiger partial charge in [-0.1, -0.05) is 38.3 Å². The van der Waals surface area contributed by atoms with Crippen molar-refractivity contribution in [3.63, 3.8) is 0 Å². The first-order valence-electron chi connectivity index (χ1n) is 8.98. The fourth-order valence-corrected chi connectivity index (χ4v) is 2.78. The van der Waals surface area contributed by atoms with Crippen molar-refractivity contribution in [1.29, 1.82) is 0 Å². The molecule has 0 spiro atoms. The molecule has 1 heterocycles. The van der Waals surface area contributed by atoms with E-state index in [9.17, 15) is 9.18 Å². The molecule has 0 saturated heterocycles. The van der Waals surface area contributed by atoms with Crippen molar-refractivity contribution in [2.75, 3.05) is 0 Å². The van der Waals surface area contributed by atoms with Crippen LogP contribution < -0.4 is 17.0 Å². The number of carbonyl (C=O) groups is 1. The monoisotopic (exact) mass is 366 g/mol. The van der Waals surface area contributed by atoms with E-state index >= 15 is 0 Å². The zero-order valence-corrected chi connectivity index (χ0v) is 15.7. The minimum Gasteiger partial charge on any atom is -1.00 e. The van der Waals surface area contributed by atoms with E-state index in [2.05, 4.69) is 11.5 Å². The van der Waals surface area contributed by atoms with E-state index in [0.29, 0.717) is 19.4 Å². The van der Waals surface area contributed by atoms with Crippen molar-refractivity contribution in [2.24, 2.45) is 0 Å². The summed E-state index contributed by atoms with van der Waals surface area (Å²) >= 11 is 0. The lowest BCUT2D eigenvalue weighted by atomic mass is 10.1. The Bertz CT molecular complexity index is 625. The van der Waals surface area contributed by atoms with Gasteiger partial charge in [-0.25, -0.2) is 13.5 Å². The number of aromatic nitrogens is 2. The topological polar surface area (TPSA) is 25.9 Å². The number of imidazole rings is 1. The summed E-state index contributed by atoms with van der Waals surface area (Å²) in [7, 11) is 0. The molecule has 0 atom stereocenters. The number of benzene rings is 1. The number of nitrogens with zero attached hydrogens (tertiary/aromatic N) is 2. The minimum atomic E-state index is -0.239. The second-order valence-corrected chi connectivity index (χ2v) is 6.40. The fourth-order valence-electron chi connectivity index (χ4n) is 2.78. The van der Waals surface area contributed by atoms with Crippen molar-refractivity contribution in [3.05, 3.63) is 54.4 Å². The summed E-state index contributed by atoms with van der Waals surface area (Å²) < 4.78 is 16.9. The number of Topliss-reactive ketones (excluding diaryl/α,β-unsaturated/α-hetero) is 1. The average Bonchev–Trinajstić information content (AvgIpc) is 3.01. The summed E-state index contributed by atoms with van der Waals surface area (Å²) in [5, 5.41) is 0. The van der Waals surface area contributed by atoms with Crippen LogP contribution in [0.1, 0.15) is 51.0 Å². The molecule has 2 aromatic rings. The van der Waals surface area contributed by atoms with E-state index in [1.54, 1.807) is 12.1 Å². The molecule has 0 fully saturated rings. The van der Waals surface area contributed by atoms with E-state index in [4.69, 9.17) is 0 Å². The molecule has 1 aromatic heterocycles. The molecule has 0 aliphatic carbocycles. The van der Waals surface area contributed by atoms with Gasteiger partial charge in [0, 0.05) is 6.42 Å². The van der Waals surface area contributed by atoms with Gasteiger partial charge in [-0.2, -0.15) is 0 Å². The first-order valence-corrected chi connectivity index (χ1v) is 8.98. The highest BCUT2D eigenvalue weighted by Gasteiger charge is 2.09. The molecule has 0 aliphatic heterocycles. The van der Waals surface area contributed by atoms with Gasteiger partial charge in [0.1, 0.15) is 24.8 Å². The van der Waals surface area contributed by atoms with Gasteiger partial charge in [0.15, 0.2) is 5.78 Å². The van der Waals surface area contributed by atoms with Gasteiger partial charge in [-0.15, -0.1) is 0 Å². The highest BCUT2D eigenvalue weighted by molar-refractivity contribution is 5.77. The van der Waals surface area contributed by atoms with Crippen LogP contribution in [0.2, 0.25) is 0 Å². The van der Waals surface area contributed by atoms with Crippen LogP contribution >= 0.6 is 0 Å². The van der Waals surface area contributed by atoms with Crippen molar-refractivity contribution >= 4 is 5.78 Å². The largest absolute Gasteiger partial charge is 1.00 e. The quantitative estimate of drug-likeness (QED) is 0.432. The molecule has 25 heavy (non-hydrogen) atoms. The highest BCUT2D eigenvalue weighted by Crippen LogP contribution is 2.06. The van der Waals surface area contributed by atoms with Crippen molar-refractivity contribution in [2.45, 2.75) is 65.0 Å². The maximum absolute atomic E-state index is 12.9. The molecule has 0 N–H and O–H groups in total. The molecule has 0 amide bonds. The van der Waals surface area contributed by atoms with Crippen LogP contribution in [0.3, 0.4) is 0 Å². The predicted octanol–water partition coefficient (Wildman–Crippen LogP) is 1.09. The maximum atomic E-state index is 12.9. The molecular weight excluding hydrogens is 339 g/mol. The predicted molar refractivity (Wildman–Crippen MR) is 93.1 cm³/mol. The molecular formula is C20H28ClFN2O. The van der Waals surface area contributed by atoms with Gasteiger partial charge in [0.25, 0.3) is 0 Å². The molecule has 2 rings (SSSR count). The van der Waals surface area contributed by atoms with Gasteiger partial charge in [-0.3, -0.25) is 4.79 Å². The zero-order valence-electron chi connectivity index (χ0n) is 15.0. The van der Waals surface area contributed by atoms with Gasteiger partial charge in [0.05, 0.1) is 6.54 Å². The number of carbonyl (C=O) groups excluding carboxylic acids is 1. The first-order chi connectivity index (χ1) is 11.7. The van der Waals surface area contributed by atoms with Crippen molar-refractivity contribution in [1.82, 2.24) is 4.57 Å². The Labute approximate surface area is 156 Å². The number of ketones is 1. The number of hydrogen-bond acceptors (Lipinski definition) is 1. The Balaban J connectivity index is 0.00000312. The molecule has 5 heteroatoms. The number of halogens is 2. The van der Waals surface area contributed by atoms with Crippen LogP contribution in [-0.2, 0) is 24.3 Å². The number of unbranched alkanes of at least 4 members (excludes halogenated alkanes) is 4. The first kappa shape index (κ1) is 21.4. The number of rotatable bonds is 11. The summed E-state index contributed by atoms with van der Waals surface area (Å²) in [4.78, 5) is 12.1. The third-order valence-electron chi connectivity index (χ3n) is 4.23. The fraction of sp³-hybridized carbons (Fsp3) is 0.500. The number of hydrogen-bond donors (Lipinski definition) is 0. The summed E-state index contributed by atoms with van der Waals surface area (Å²) in [6, 6.07) is 6.36. The Morgan fingerprint density at radius 1 is 1.12 bits per heavy atom. The van der Waals surface area contributed by atoms with E-state index in [1.807, 2.05) is 23.3 Å². The van der Waals surface area contributed by atoms with Gasteiger partial charge >= 0.3 is 0 Å². The lowest BCUT2D eigenvalue weighted by Crippen LogP contribution is -3.00. The number of aryl methyl sites for hydroxylation is 2. The lowest BCUT2D eigenvalue weighted by molar-refractivity contribution is -0.683. The molecule has 0 saturated carbocycles. The van der Waals surface area contributed by atoms with E-state index in [-0.39, 0.29) is 24.0 Å². The Morgan fingerprint density at radius 3 is 2.56 bits per heavy atom. The lowest BCUT2D eigenvalue weighted by Gasteiger charge is -2.00. The standard InChI is InChI=1S/C20H28FN2O.ClH/c1-2-3-4-5-6-13-22-14-15-23(17-22)16-20(24)12-9-18-7-10-19(21)11-8-18;/h7-8,10-11,14-15,17H,2-6,9,12-13,16H2,1H3;1H/q+1;/p-1. The minimum absolute atomic E-state index is 0. The summed E-state index contributed by atoms with van der Waals surface area (Å²) in [6.07, 6.45) is 13.5. The second-order valence-electron chi connectivity index (χ2n) is 6.40. The molecule has 0 radical (unpaired) electrons. The van der Waals surface area contributed by atoms with Crippen LogP contribution in [-0.4, -0.2) is 10.4 Å². The molecule has 3 nitrogen and oxygen atoms in total. The van der Waals surface area contributed by atoms with Crippen LogP contribution in [0.4, 0.5) is 4.39 Å². The molecule has 0 unspecified atom stereocenters. The van der Waals surface area contributed by atoms with Crippen molar-refractivity contribution in [3.8, 4) is 0 Å². The second kappa shape index (κ2) is 11.8. The average molecular weight is 367 g/mol. The Morgan fingerprint density at radius 2 is 1.84 bits per heavy atom. The summed E-state index contributed by atoms with van der Waals surface area (Å²) in [6.45, 7) is 3.65. The van der Waals surface area contributed by atoms with Crippen molar-refractivity contribution < 1.29 is 26.2 Å². The zero-order chi connectivity index (χ0) is 17.2. The van der Waals surface area contributed by atoms with Gasteiger partial charge < -0.3 is 12.4 Å². The van der Waals surface area contributed by atoms with Crippen LogP contribution in [0.15, 0.2) is 43.0 Å².